The molecule has 32 valence electrons. The van der Waals surface area contributed by atoms with Crippen LogP contribution >= 0.6 is 5.69 Å². The molecule has 1 N–H and O–H groups in total. The minimum Gasteiger partial charge on any atom is -0.819 e. The van der Waals surface area contributed by atoms with Crippen molar-refractivity contribution in [3.05, 3.63) is 0 Å². The van der Waals surface area contributed by atoms with E-state index in [4.69, 9.17) is 4.89 Å². The zero-order valence-corrected chi connectivity index (χ0v) is 10.6. The van der Waals surface area contributed by atoms with Gasteiger partial charge in [0.25, 0.3) is 0 Å². The smallest absolute Gasteiger partial charge is 0.819 e. The molecule has 0 rings (SSSR count). The third-order valence-electron chi connectivity index (χ3n) is 0. The van der Waals surface area contributed by atoms with E-state index in [1.165, 1.54) is 0 Å². The normalized spacial score (nSPS) is 15.3. The summed E-state index contributed by atoms with van der Waals surface area (Å²) in [6, 6.07) is 0. The van der Waals surface area contributed by atoms with Gasteiger partial charge in [0, 0.05) is 0 Å². The summed E-state index contributed by atoms with van der Waals surface area (Å²) in [5, 5.41) is 0. The summed E-state index contributed by atoms with van der Waals surface area (Å²) in [7, 11) is 0. The van der Waals surface area contributed by atoms with Crippen molar-refractivity contribution in [1.82, 2.24) is 0 Å². The van der Waals surface area contributed by atoms with Gasteiger partial charge in [0.05, 0.1) is 0 Å². The van der Waals surface area contributed by atoms with E-state index in [0.717, 1.165) is 0 Å². The maximum Gasteiger partial charge on any atom is 1.00 e. The monoisotopic (exact) mass is 174 g/mol. The van der Waals surface area contributed by atoms with Crippen LogP contribution in [0.25, 0.3) is 0 Å². The summed E-state index contributed by atoms with van der Waals surface area (Å²) in [6.07, 6.45) is 0. The first-order valence-electron chi connectivity index (χ1n) is 0.748. The van der Waals surface area contributed by atoms with Crippen LogP contribution in [0.5, 0.6) is 0 Å². The van der Waals surface area contributed by atoms with Crippen LogP contribution in [0.2, 0.25) is 0 Å². The molecular weight excluding hydrogens is 173 g/mol. The third-order valence-corrected chi connectivity index (χ3v) is 0. The van der Waals surface area contributed by atoms with Crippen molar-refractivity contribution in [3.8, 4) is 0 Å². The second-order valence-electron chi connectivity index (χ2n) is 0.469. The van der Waals surface area contributed by atoms with E-state index < -0.39 is 5.69 Å². The van der Waals surface area contributed by atoms with E-state index in [2.05, 4.69) is 24.1 Å². The standard InChI is InChI=1S/2Na.H3O2PS2/c;;1-3(2,4)5/h;;(H3,1,2,4,5)/q2*+1;/p-2. The molecule has 0 saturated carbocycles. The molecule has 0 aromatic rings. The van der Waals surface area contributed by atoms with Gasteiger partial charge in [-0.05, 0) is 0 Å². The zero-order chi connectivity index (χ0) is 4.50. The van der Waals surface area contributed by atoms with Gasteiger partial charge in [-0.15, -0.1) is 17.5 Å². The molecule has 1 unspecified atom stereocenters. The van der Waals surface area contributed by atoms with Crippen LogP contribution in [0.4, 0.5) is 0 Å². The van der Waals surface area contributed by atoms with Crippen molar-refractivity contribution in [1.29, 1.82) is 0 Å². The van der Waals surface area contributed by atoms with Crippen molar-refractivity contribution in [3.63, 3.8) is 0 Å². The Labute approximate surface area is 97.0 Å². The number of hydrogen-bond acceptors (Lipinski definition) is 3. The van der Waals surface area contributed by atoms with E-state index in [9.17, 15) is 4.89 Å². The molecule has 0 spiro atoms. The molecule has 0 aliphatic heterocycles. The van der Waals surface area contributed by atoms with E-state index >= 15 is 0 Å². The molecule has 0 aromatic heterocycles. The van der Waals surface area contributed by atoms with Gasteiger partial charge in [-0.2, -0.15) is 0 Å². The molecule has 0 bridgehead atoms. The SMILES string of the molecule is [Na+].[Na+].[O-]P(O)(=S)[S-]. The molecule has 7 heavy (non-hydrogen) atoms. The fourth-order valence-corrected chi connectivity index (χ4v) is 0. The first-order chi connectivity index (χ1) is 2.00. The van der Waals surface area contributed by atoms with Gasteiger partial charge in [0.2, 0.25) is 0 Å². The largest absolute Gasteiger partial charge is 1.00 e. The van der Waals surface area contributed by atoms with Crippen molar-refractivity contribution in [2.24, 2.45) is 0 Å². The van der Waals surface area contributed by atoms with Crippen LogP contribution in [0.15, 0.2) is 0 Å². The Kier molecular flexibility index (Phi) is 16.6. The molecule has 0 radical (unpaired) electrons. The molecule has 0 aliphatic carbocycles. The molecule has 0 heterocycles. The second kappa shape index (κ2) is 7.03. The Hall–Kier alpha value is 2.92. The van der Waals surface area contributed by atoms with Crippen molar-refractivity contribution >= 4 is 29.7 Å². The molecule has 0 saturated heterocycles. The quantitative estimate of drug-likeness (QED) is 0.225. The van der Waals surface area contributed by atoms with Crippen molar-refractivity contribution < 1.29 is 68.9 Å². The van der Waals surface area contributed by atoms with Gasteiger partial charge in [-0.1, -0.05) is 0 Å². The number of hydrogen-bond donors (Lipinski definition) is 1. The molecule has 2 nitrogen and oxygen atoms in total. The van der Waals surface area contributed by atoms with Crippen LogP contribution in [0.3, 0.4) is 0 Å². The summed E-state index contributed by atoms with van der Waals surface area (Å²) < 4.78 is 0. The molecule has 7 heteroatoms. The van der Waals surface area contributed by atoms with Crippen LogP contribution in [0, 0.1) is 0 Å². The van der Waals surface area contributed by atoms with Crippen LogP contribution in [-0.2, 0) is 24.1 Å². The van der Waals surface area contributed by atoms with E-state index in [0.29, 0.717) is 0 Å². The first-order valence-corrected chi connectivity index (χ1v) is 4.43. The molecule has 0 aromatic carbocycles. The predicted octanol–water partition coefficient (Wildman–Crippen LogP) is -6.88. The Morgan fingerprint density at radius 2 is 1.57 bits per heavy atom. The summed E-state index contributed by atoms with van der Waals surface area (Å²) in [5.41, 5.74) is -3.47. The van der Waals surface area contributed by atoms with Gasteiger partial charge >= 0.3 is 59.1 Å². The maximum atomic E-state index is 9.40. The maximum absolute atomic E-state index is 9.40. The Bertz CT molecular complexity index is 59.8. The average Bonchev–Trinajstić information content (AvgIpc) is 0.722. The summed E-state index contributed by atoms with van der Waals surface area (Å²) in [5.74, 6) is 0. The van der Waals surface area contributed by atoms with Gasteiger partial charge in [-0.3, -0.25) is 0 Å². The molecule has 1 atom stereocenters. The molecular formula is HNa2O2PS2. The number of rotatable bonds is 0. The average molecular weight is 174 g/mol. The molecule has 0 amide bonds. The summed E-state index contributed by atoms with van der Waals surface area (Å²) in [6.45, 7) is 0. The minimum atomic E-state index is -3.47. The fraction of sp³-hybridized carbons (Fsp3) is 0. The Morgan fingerprint density at radius 3 is 1.57 bits per heavy atom. The fourth-order valence-electron chi connectivity index (χ4n) is 0. The van der Waals surface area contributed by atoms with Gasteiger partial charge < -0.3 is 22.0 Å². The van der Waals surface area contributed by atoms with Crippen molar-refractivity contribution in [2.75, 3.05) is 0 Å². The second-order valence-corrected chi connectivity index (χ2v) is 5.07. The van der Waals surface area contributed by atoms with Gasteiger partial charge in [-0.25, -0.2) is 0 Å². The summed E-state index contributed by atoms with van der Waals surface area (Å²) in [4.78, 5) is 17.1. The predicted molar refractivity (Wildman–Crippen MR) is 23.9 cm³/mol. The topological polar surface area (TPSA) is 43.3 Å². The van der Waals surface area contributed by atoms with Crippen molar-refractivity contribution in [2.45, 2.75) is 0 Å². The van der Waals surface area contributed by atoms with Crippen LogP contribution in [0.1, 0.15) is 0 Å². The Balaban J connectivity index is -0.0000000800. The minimum absolute atomic E-state index is 0. The third kappa shape index (κ3) is 50.1. The molecule has 0 fully saturated rings. The molecule has 0 aliphatic rings. The van der Waals surface area contributed by atoms with Gasteiger partial charge in [0.1, 0.15) is 0 Å². The first kappa shape index (κ1) is 16.5. The van der Waals surface area contributed by atoms with Gasteiger partial charge in [0.15, 0.2) is 0 Å². The summed E-state index contributed by atoms with van der Waals surface area (Å²) >= 11 is 7.50. The Morgan fingerprint density at radius 1 is 1.57 bits per heavy atom. The van der Waals surface area contributed by atoms with E-state index in [1.54, 1.807) is 0 Å². The van der Waals surface area contributed by atoms with E-state index in [-0.39, 0.29) is 59.1 Å². The van der Waals surface area contributed by atoms with Crippen LogP contribution < -0.4 is 64.0 Å². The van der Waals surface area contributed by atoms with Crippen LogP contribution in [-0.4, -0.2) is 4.89 Å². The zero-order valence-electron chi connectivity index (χ0n) is 4.12. The van der Waals surface area contributed by atoms with E-state index in [1.807, 2.05) is 0 Å².